The number of rotatable bonds is 4. The van der Waals surface area contributed by atoms with Crippen LogP contribution in [0.4, 0.5) is 0 Å². The smallest absolute Gasteiger partial charge is 0.110 e. The Morgan fingerprint density at radius 3 is 2.65 bits per heavy atom. The van der Waals surface area contributed by atoms with Crippen molar-refractivity contribution in [3.05, 3.63) is 51.5 Å². The van der Waals surface area contributed by atoms with Gasteiger partial charge in [0, 0.05) is 40.4 Å². The van der Waals surface area contributed by atoms with Gasteiger partial charge in [-0.3, -0.25) is 0 Å². The maximum atomic E-state index is 6.17. The molecule has 108 valence electrons. The van der Waals surface area contributed by atoms with E-state index in [4.69, 9.17) is 23.2 Å². The van der Waals surface area contributed by atoms with Crippen LogP contribution in [0.5, 0.6) is 0 Å². The van der Waals surface area contributed by atoms with Crippen LogP contribution < -0.4 is 5.32 Å². The van der Waals surface area contributed by atoms with E-state index in [1.807, 2.05) is 18.3 Å². The highest BCUT2D eigenvalue weighted by Crippen LogP contribution is 2.22. The lowest BCUT2D eigenvalue weighted by Crippen LogP contribution is -2.35. The standard InChI is InChI=1S/C15H19Cl2N3/c1-15(2,3)19-9-12-8-18-14(20-12)6-10-4-5-11(16)7-13(10)17/h4-5,7-8,19H,6,9H2,1-3H3,(H,18,20). The van der Waals surface area contributed by atoms with Gasteiger partial charge >= 0.3 is 0 Å². The van der Waals surface area contributed by atoms with Crippen molar-refractivity contribution in [1.29, 1.82) is 0 Å². The number of hydrogen-bond donors (Lipinski definition) is 2. The first-order valence-corrected chi connectivity index (χ1v) is 7.31. The molecule has 20 heavy (non-hydrogen) atoms. The molecule has 0 aliphatic carbocycles. The number of nitrogens with one attached hydrogen (secondary N) is 2. The minimum absolute atomic E-state index is 0.0881. The van der Waals surface area contributed by atoms with Crippen molar-refractivity contribution in [2.45, 2.75) is 39.3 Å². The van der Waals surface area contributed by atoms with Crippen LogP contribution in [0, 0.1) is 0 Å². The highest BCUT2D eigenvalue weighted by atomic mass is 35.5. The summed E-state index contributed by atoms with van der Waals surface area (Å²) in [6.07, 6.45) is 2.53. The summed E-state index contributed by atoms with van der Waals surface area (Å²) in [6.45, 7) is 7.18. The van der Waals surface area contributed by atoms with Crippen molar-refractivity contribution in [2.24, 2.45) is 0 Å². The maximum absolute atomic E-state index is 6.17. The summed E-state index contributed by atoms with van der Waals surface area (Å²) in [5, 5.41) is 4.74. The Kier molecular flexibility index (Phi) is 4.74. The summed E-state index contributed by atoms with van der Waals surface area (Å²) in [4.78, 5) is 7.70. The van der Waals surface area contributed by atoms with Crippen molar-refractivity contribution in [3.8, 4) is 0 Å². The number of hydrogen-bond acceptors (Lipinski definition) is 2. The highest BCUT2D eigenvalue weighted by Gasteiger charge is 2.10. The van der Waals surface area contributed by atoms with Crippen LogP contribution in [0.3, 0.4) is 0 Å². The van der Waals surface area contributed by atoms with Crippen LogP contribution in [-0.4, -0.2) is 15.5 Å². The molecule has 0 aliphatic rings. The molecule has 2 rings (SSSR count). The fraction of sp³-hybridized carbons (Fsp3) is 0.400. The molecule has 5 heteroatoms. The van der Waals surface area contributed by atoms with Crippen LogP contribution in [0.2, 0.25) is 10.0 Å². The van der Waals surface area contributed by atoms with E-state index in [1.165, 1.54) is 0 Å². The molecule has 0 saturated heterocycles. The van der Waals surface area contributed by atoms with E-state index in [0.717, 1.165) is 23.6 Å². The van der Waals surface area contributed by atoms with Crippen LogP contribution >= 0.6 is 23.2 Å². The Morgan fingerprint density at radius 1 is 1.25 bits per heavy atom. The quantitative estimate of drug-likeness (QED) is 0.888. The molecule has 0 radical (unpaired) electrons. The van der Waals surface area contributed by atoms with E-state index in [2.05, 4.69) is 36.1 Å². The summed E-state index contributed by atoms with van der Waals surface area (Å²) in [5.74, 6) is 0.903. The van der Waals surface area contributed by atoms with E-state index < -0.39 is 0 Å². The van der Waals surface area contributed by atoms with Gasteiger partial charge in [0.25, 0.3) is 0 Å². The Morgan fingerprint density at radius 2 is 2.00 bits per heavy atom. The molecule has 0 spiro atoms. The Bertz CT molecular complexity index is 585. The lowest BCUT2D eigenvalue weighted by molar-refractivity contribution is 0.421. The zero-order valence-corrected chi connectivity index (χ0v) is 13.4. The second kappa shape index (κ2) is 6.17. The van der Waals surface area contributed by atoms with Gasteiger partial charge in [-0.25, -0.2) is 4.98 Å². The van der Waals surface area contributed by atoms with E-state index in [0.29, 0.717) is 16.5 Å². The molecule has 2 aromatic rings. The second-order valence-corrected chi connectivity index (χ2v) is 6.71. The molecule has 0 saturated carbocycles. The Hall–Kier alpha value is -1.03. The van der Waals surface area contributed by atoms with Gasteiger partial charge < -0.3 is 10.3 Å². The summed E-state index contributed by atoms with van der Waals surface area (Å²) < 4.78 is 0. The van der Waals surface area contributed by atoms with Gasteiger partial charge in [-0.2, -0.15) is 0 Å². The third-order valence-corrected chi connectivity index (χ3v) is 3.45. The maximum Gasteiger partial charge on any atom is 0.110 e. The fourth-order valence-electron chi connectivity index (χ4n) is 1.79. The van der Waals surface area contributed by atoms with Crippen molar-refractivity contribution in [1.82, 2.24) is 15.3 Å². The van der Waals surface area contributed by atoms with Gasteiger partial charge in [0.1, 0.15) is 5.82 Å². The van der Waals surface area contributed by atoms with Crippen molar-refractivity contribution in [3.63, 3.8) is 0 Å². The lowest BCUT2D eigenvalue weighted by Gasteiger charge is -2.19. The van der Waals surface area contributed by atoms with E-state index in [-0.39, 0.29) is 5.54 Å². The van der Waals surface area contributed by atoms with Crippen molar-refractivity contribution >= 4 is 23.2 Å². The van der Waals surface area contributed by atoms with Gasteiger partial charge in [0.2, 0.25) is 0 Å². The summed E-state index contributed by atoms with van der Waals surface area (Å²) >= 11 is 12.1. The molecule has 0 fully saturated rings. The predicted molar refractivity (Wildman–Crippen MR) is 84.4 cm³/mol. The normalized spacial score (nSPS) is 11.8. The van der Waals surface area contributed by atoms with Crippen LogP contribution in [-0.2, 0) is 13.0 Å². The second-order valence-electron chi connectivity index (χ2n) is 5.87. The topological polar surface area (TPSA) is 40.7 Å². The molecule has 1 heterocycles. The number of H-pyrrole nitrogens is 1. The minimum atomic E-state index is 0.0881. The molecular formula is C15H19Cl2N3. The first-order valence-electron chi connectivity index (χ1n) is 6.55. The Labute approximate surface area is 129 Å². The van der Waals surface area contributed by atoms with Crippen LogP contribution in [0.1, 0.15) is 37.9 Å². The number of halogens is 2. The van der Waals surface area contributed by atoms with Crippen LogP contribution in [0.15, 0.2) is 24.4 Å². The van der Waals surface area contributed by atoms with Crippen molar-refractivity contribution < 1.29 is 0 Å². The number of imidazole rings is 1. The lowest BCUT2D eigenvalue weighted by atomic mass is 10.1. The molecule has 0 unspecified atom stereocenters. The number of aromatic nitrogens is 2. The number of aromatic amines is 1. The van der Waals surface area contributed by atoms with Crippen LogP contribution in [0.25, 0.3) is 0 Å². The first-order chi connectivity index (χ1) is 9.33. The van der Waals surface area contributed by atoms with Gasteiger partial charge in [0.15, 0.2) is 0 Å². The van der Waals surface area contributed by atoms with Gasteiger partial charge in [-0.1, -0.05) is 29.3 Å². The largest absolute Gasteiger partial charge is 0.345 e. The third-order valence-electron chi connectivity index (χ3n) is 2.86. The highest BCUT2D eigenvalue weighted by molar-refractivity contribution is 6.35. The summed E-state index contributed by atoms with van der Waals surface area (Å²) in [7, 11) is 0. The molecule has 0 amide bonds. The zero-order valence-electron chi connectivity index (χ0n) is 11.9. The molecule has 1 aromatic carbocycles. The van der Waals surface area contributed by atoms with E-state index >= 15 is 0 Å². The molecule has 0 bridgehead atoms. The monoisotopic (exact) mass is 311 g/mol. The molecule has 1 aromatic heterocycles. The molecule has 0 atom stereocenters. The predicted octanol–water partition coefficient (Wildman–Crippen LogP) is 4.20. The summed E-state index contributed by atoms with van der Waals surface area (Å²) in [6, 6.07) is 5.53. The third kappa shape index (κ3) is 4.51. The Balaban J connectivity index is 2.02. The van der Waals surface area contributed by atoms with Gasteiger partial charge in [-0.15, -0.1) is 0 Å². The zero-order chi connectivity index (χ0) is 14.8. The number of benzene rings is 1. The van der Waals surface area contributed by atoms with Crippen molar-refractivity contribution in [2.75, 3.05) is 0 Å². The fourth-order valence-corrected chi connectivity index (χ4v) is 2.27. The molecule has 2 N–H and O–H groups in total. The molecule has 0 aliphatic heterocycles. The van der Waals surface area contributed by atoms with E-state index in [9.17, 15) is 0 Å². The SMILES string of the molecule is CC(C)(C)NCc1cnc(Cc2ccc(Cl)cc2Cl)[nH]1. The average Bonchev–Trinajstić information content (AvgIpc) is 2.77. The first kappa shape index (κ1) is 15.4. The number of nitrogens with zero attached hydrogens (tertiary/aromatic N) is 1. The summed E-state index contributed by atoms with van der Waals surface area (Å²) in [5.41, 5.74) is 2.17. The van der Waals surface area contributed by atoms with E-state index in [1.54, 1.807) is 6.07 Å². The minimum Gasteiger partial charge on any atom is -0.345 e. The van der Waals surface area contributed by atoms with Gasteiger partial charge in [0.05, 0.1) is 0 Å². The average molecular weight is 312 g/mol. The molecular weight excluding hydrogens is 293 g/mol. The van der Waals surface area contributed by atoms with Gasteiger partial charge in [-0.05, 0) is 38.5 Å². The molecule has 3 nitrogen and oxygen atoms in total.